The molecule has 0 spiro atoms. The molecular formula is C22H17ClN2O. The molecule has 0 fully saturated rings. The van der Waals surface area contributed by atoms with Crippen molar-refractivity contribution in [2.24, 2.45) is 0 Å². The summed E-state index contributed by atoms with van der Waals surface area (Å²) in [7, 11) is 0. The summed E-state index contributed by atoms with van der Waals surface area (Å²) in [5, 5.41) is 19.8. The topological polar surface area (TPSA) is 48.9 Å². The second kappa shape index (κ2) is 6.79. The fraction of sp³-hybridized carbons (Fsp3) is 0.0455. The van der Waals surface area contributed by atoms with Gasteiger partial charge < -0.3 is 5.11 Å². The molecule has 0 aliphatic rings. The Bertz CT molecular complexity index is 956. The first-order valence-corrected chi connectivity index (χ1v) is 8.70. The van der Waals surface area contributed by atoms with Gasteiger partial charge in [0, 0.05) is 10.6 Å². The van der Waals surface area contributed by atoms with Crippen LogP contribution in [0.2, 0.25) is 5.02 Å². The average Bonchev–Trinajstić information content (AvgIpc) is 3.20. The number of aromatic nitrogens is 2. The summed E-state index contributed by atoms with van der Waals surface area (Å²) in [5.74, 6) is 0. The van der Waals surface area contributed by atoms with Crippen molar-refractivity contribution in [2.75, 3.05) is 0 Å². The summed E-state index contributed by atoms with van der Waals surface area (Å²) in [6, 6.07) is 26.7. The maximum atomic E-state index is 11.9. The highest BCUT2D eigenvalue weighted by atomic mass is 35.5. The maximum absolute atomic E-state index is 11.9. The van der Waals surface area contributed by atoms with Gasteiger partial charge >= 0.3 is 0 Å². The van der Waals surface area contributed by atoms with Crippen molar-refractivity contribution in [3.05, 3.63) is 113 Å². The Labute approximate surface area is 156 Å². The van der Waals surface area contributed by atoms with Crippen LogP contribution in [0, 0.1) is 0 Å². The molecule has 3 nitrogen and oxygen atoms in total. The van der Waals surface area contributed by atoms with Gasteiger partial charge in [-0.05, 0) is 28.8 Å². The molecule has 0 aliphatic heterocycles. The van der Waals surface area contributed by atoms with Crippen molar-refractivity contribution in [3.8, 4) is 11.1 Å². The van der Waals surface area contributed by atoms with Crippen LogP contribution >= 0.6 is 11.6 Å². The number of benzene rings is 3. The van der Waals surface area contributed by atoms with Crippen LogP contribution in [0.1, 0.15) is 16.8 Å². The molecule has 4 aromatic rings. The van der Waals surface area contributed by atoms with Crippen LogP contribution in [-0.4, -0.2) is 15.3 Å². The van der Waals surface area contributed by atoms with Gasteiger partial charge in [-0.1, -0.05) is 84.4 Å². The molecule has 0 saturated heterocycles. The minimum absolute atomic E-state index is 0.622. The molecule has 1 heterocycles. The summed E-state index contributed by atoms with van der Waals surface area (Å²) >= 11 is 6.02. The number of aliphatic hydroxyl groups is 1. The molecule has 0 radical (unpaired) electrons. The molecule has 0 aliphatic carbocycles. The SMILES string of the molecule is OC(c1ccccc1)(c1ccccc1)c1[nH]ncc1-c1ccc(Cl)cc1. The first-order chi connectivity index (χ1) is 12.7. The molecule has 4 rings (SSSR count). The first kappa shape index (κ1) is 16.6. The molecule has 0 bridgehead atoms. The van der Waals surface area contributed by atoms with Gasteiger partial charge in [-0.25, -0.2) is 0 Å². The number of hydrogen-bond donors (Lipinski definition) is 2. The van der Waals surface area contributed by atoms with E-state index in [1.165, 1.54) is 0 Å². The number of hydrogen-bond acceptors (Lipinski definition) is 2. The quantitative estimate of drug-likeness (QED) is 0.537. The summed E-state index contributed by atoms with van der Waals surface area (Å²) < 4.78 is 0. The highest BCUT2D eigenvalue weighted by Crippen LogP contribution is 2.40. The molecule has 0 amide bonds. The van der Waals surface area contributed by atoms with Gasteiger partial charge in [0.15, 0.2) is 5.60 Å². The lowest BCUT2D eigenvalue weighted by atomic mass is 9.81. The van der Waals surface area contributed by atoms with Crippen molar-refractivity contribution in [1.82, 2.24) is 10.2 Å². The van der Waals surface area contributed by atoms with Crippen LogP contribution < -0.4 is 0 Å². The van der Waals surface area contributed by atoms with E-state index in [0.29, 0.717) is 10.7 Å². The van der Waals surface area contributed by atoms with Gasteiger partial charge in [0.25, 0.3) is 0 Å². The normalized spacial score (nSPS) is 11.5. The molecule has 4 heteroatoms. The fourth-order valence-electron chi connectivity index (χ4n) is 3.22. The Kier molecular flexibility index (Phi) is 4.33. The van der Waals surface area contributed by atoms with Crippen molar-refractivity contribution >= 4 is 11.6 Å². The zero-order valence-electron chi connectivity index (χ0n) is 13.9. The lowest BCUT2D eigenvalue weighted by Gasteiger charge is -2.29. The van der Waals surface area contributed by atoms with E-state index >= 15 is 0 Å². The third-order valence-corrected chi connectivity index (χ3v) is 4.79. The lowest BCUT2D eigenvalue weighted by Crippen LogP contribution is -2.30. The Morgan fingerprint density at radius 2 is 1.31 bits per heavy atom. The lowest BCUT2D eigenvalue weighted by molar-refractivity contribution is 0.121. The predicted molar refractivity (Wildman–Crippen MR) is 104 cm³/mol. The van der Waals surface area contributed by atoms with E-state index in [4.69, 9.17) is 11.6 Å². The Morgan fingerprint density at radius 1 is 0.769 bits per heavy atom. The van der Waals surface area contributed by atoms with Gasteiger partial charge in [0.1, 0.15) is 0 Å². The van der Waals surface area contributed by atoms with E-state index in [9.17, 15) is 5.11 Å². The van der Waals surface area contributed by atoms with Crippen molar-refractivity contribution < 1.29 is 5.11 Å². The standard InChI is InChI=1S/C22H17ClN2O/c23-19-13-11-16(12-14-19)20-15-24-25-21(20)22(26,17-7-3-1-4-8-17)18-9-5-2-6-10-18/h1-15,26H,(H,24,25). The molecule has 0 atom stereocenters. The average molecular weight is 361 g/mol. The Balaban J connectivity index is 1.95. The summed E-state index contributed by atoms with van der Waals surface area (Å²) in [6.45, 7) is 0. The van der Waals surface area contributed by atoms with Gasteiger partial charge in [-0.2, -0.15) is 5.10 Å². The van der Waals surface area contributed by atoms with E-state index in [1.807, 2.05) is 84.9 Å². The molecule has 3 aromatic carbocycles. The highest BCUT2D eigenvalue weighted by molar-refractivity contribution is 6.30. The monoisotopic (exact) mass is 360 g/mol. The molecule has 0 unspecified atom stereocenters. The molecule has 128 valence electrons. The van der Waals surface area contributed by atoms with Crippen molar-refractivity contribution in [3.63, 3.8) is 0 Å². The highest BCUT2D eigenvalue weighted by Gasteiger charge is 2.37. The van der Waals surface area contributed by atoms with Gasteiger partial charge in [0.2, 0.25) is 0 Å². The van der Waals surface area contributed by atoms with Crippen molar-refractivity contribution in [2.45, 2.75) is 5.60 Å². The van der Waals surface area contributed by atoms with E-state index in [2.05, 4.69) is 10.2 Å². The van der Waals surface area contributed by atoms with Crippen LogP contribution in [0.3, 0.4) is 0 Å². The molecule has 2 N–H and O–H groups in total. The minimum Gasteiger partial charge on any atom is -0.374 e. The predicted octanol–water partition coefficient (Wildman–Crippen LogP) is 5.01. The number of aromatic amines is 1. The van der Waals surface area contributed by atoms with E-state index < -0.39 is 5.60 Å². The smallest absolute Gasteiger partial charge is 0.157 e. The number of rotatable bonds is 4. The number of H-pyrrole nitrogens is 1. The van der Waals surface area contributed by atoms with Crippen LogP contribution in [-0.2, 0) is 5.60 Å². The summed E-state index contributed by atoms with van der Waals surface area (Å²) in [4.78, 5) is 0. The van der Waals surface area contributed by atoms with Crippen LogP contribution in [0.25, 0.3) is 11.1 Å². The number of halogens is 1. The Morgan fingerprint density at radius 3 is 1.85 bits per heavy atom. The van der Waals surface area contributed by atoms with E-state index in [0.717, 1.165) is 22.3 Å². The van der Waals surface area contributed by atoms with Gasteiger partial charge in [-0.3, -0.25) is 5.10 Å². The van der Waals surface area contributed by atoms with Crippen molar-refractivity contribution in [1.29, 1.82) is 0 Å². The summed E-state index contributed by atoms with van der Waals surface area (Å²) in [6.07, 6.45) is 1.73. The first-order valence-electron chi connectivity index (χ1n) is 8.33. The minimum atomic E-state index is -1.35. The maximum Gasteiger partial charge on any atom is 0.157 e. The Hall–Kier alpha value is -2.88. The zero-order valence-corrected chi connectivity index (χ0v) is 14.7. The van der Waals surface area contributed by atoms with Crippen LogP contribution in [0.4, 0.5) is 0 Å². The molecule has 1 aromatic heterocycles. The molecule has 0 saturated carbocycles. The molecular weight excluding hydrogens is 344 g/mol. The molecule has 26 heavy (non-hydrogen) atoms. The third kappa shape index (κ3) is 2.81. The second-order valence-corrected chi connectivity index (χ2v) is 6.54. The van der Waals surface area contributed by atoms with Gasteiger partial charge in [0.05, 0.1) is 11.9 Å². The largest absolute Gasteiger partial charge is 0.374 e. The second-order valence-electron chi connectivity index (χ2n) is 6.11. The number of nitrogens with one attached hydrogen (secondary N) is 1. The van der Waals surface area contributed by atoms with E-state index in [1.54, 1.807) is 6.20 Å². The summed E-state index contributed by atoms with van der Waals surface area (Å²) in [5.41, 5.74) is 2.57. The van der Waals surface area contributed by atoms with Crippen LogP contribution in [0.5, 0.6) is 0 Å². The zero-order chi connectivity index (χ0) is 18.0. The number of nitrogens with zero attached hydrogens (tertiary/aromatic N) is 1. The van der Waals surface area contributed by atoms with Gasteiger partial charge in [-0.15, -0.1) is 0 Å². The fourth-order valence-corrected chi connectivity index (χ4v) is 3.35. The van der Waals surface area contributed by atoms with E-state index in [-0.39, 0.29) is 0 Å². The third-order valence-electron chi connectivity index (χ3n) is 4.54. The van der Waals surface area contributed by atoms with Crippen LogP contribution in [0.15, 0.2) is 91.1 Å².